The molecule has 2 aromatic rings. The summed E-state index contributed by atoms with van der Waals surface area (Å²) in [5.74, 6) is -2.29. The van der Waals surface area contributed by atoms with Gasteiger partial charge in [-0.3, -0.25) is 4.79 Å². The molecule has 1 aliphatic rings. The fraction of sp³-hybridized carbons (Fsp3) is 0.318. The first kappa shape index (κ1) is 22.3. The Morgan fingerprint density at radius 1 is 1.03 bits per heavy atom. The van der Waals surface area contributed by atoms with Crippen LogP contribution in [0, 0.1) is 0 Å². The fourth-order valence-electron chi connectivity index (χ4n) is 3.54. The van der Waals surface area contributed by atoms with E-state index in [1.807, 2.05) is 48.5 Å². The van der Waals surface area contributed by atoms with Crippen LogP contribution in [-0.4, -0.2) is 67.2 Å². The smallest absolute Gasteiger partial charge is 0.407 e. The van der Waals surface area contributed by atoms with Crippen LogP contribution >= 0.6 is 0 Å². The second-order valence-corrected chi connectivity index (χ2v) is 7.08. The highest BCUT2D eigenvalue weighted by Gasteiger charge is 2.30. The molecule has 9 heteroatoms. The van der Waals surface area contributed by atoms with E-state index in [4.69, 9.17) is 14.6 Å². The average Bonchev–Trinajstić information content (AvgIpc) is 3.09. The topological polar surface area (TPSA) is 134 Å². The van der Waals surface area contributed by atoms with Gasteiger partial charge in [-0.05, 0) is 22.3 Å². The van der Waals surface area contributed by atoms with Crippen molar-refractivity contribution >= 4 is 18.0 Å². The fourth-order valence-corrected chi connectivity index (χ4v) is 3.54. The minimum Gasteiger partial charge on any atom is -0.479 e. The van der Waals surface area contributed by atoms with E-state index < -0.39 is 36.7 Å². The van der Waals surface area contributed by atoms with Gasteiger partial charge in [0.25, 0.3) is 0 Å². The number of benzene rings is 2. The lowest BCUT2D eigenvalue weighted by molar-refractivity contribution is -0.146. The van der Waals surface area contributed by atoms with Crippen LogP contribution < -0.4 is 10.6 Å². The maximum Gasteiger partial charge on any atom is 0.407 e. The highest BCUT2D eigenvalue weighted by molar-refractivity contribution is 5.86. The number of carboxylic acid groups (broad SMARTS) is 1. The Labute approximate surface area is 179 Å². The third kappa shape index (κ3) is 5.19. The molecule has 0 heterocycles. The van der Waals surface area contributed by atoms with E-state index in [1.54, 1.807) is 0 Å². The van der Waals surface area contributed by atoms with Gasteiger partial charge in [0, 0.05) is 13.0 Å². The normalized spacial score (nSPS) is 14.1. The molecule has 2 aromatic carbocycles. The minimum atomic E-state index is -1.75. The molecule has 31 heavy (non-hydrogen) atoms. The number of rotatable bonds is 9. The van der Waals surface area contributed by atoms with Crippen LogP contribution in [0.15, 0.2) is 48.5 Å². The molecule has 0 saturated heterocycles. The summed E-state index contributed by atoms with van der Waals surface area (Å²) >= 11 is 0. The van der Waals surface area contributed by atoms with Gasteiger partial charge in [-0.1, -0.05) is 48.5 Å². The number of carbonyl (C=O) groups excluding carboxylic acids is 2. The molecule has 0 radical (unpaired) electrons. The van der Waals surface area contributed by atoms with Crippen molar-refractivity contribution in [3.63, 3.8) is 0 Å². The summed E-state index contributed by atoms with van der Waals surface area (Å²) in [6.45, 7) is -0.571. The molecule has 0 saturated carbocycles. The molecule has 2 atom stereocenters. The van der Waals surface area contributed by atoms with E-state index in [1.165, 1.54) is 7.11 Å². The van der Waals surface area contributed by atoms with Crippen molar-refractivity contribution in [2.24, 2.45) is 0 Å². The second kappa shape index (κ2) is 10.1. The van der Waals surface area contributed by atoms with E-state index in [-0.39, 0.29) is 19.1 Å². The number of aliphatic hydroxyl groups is 1. The van der Waals surface area contributed by atoms with Gasteiger partial charge < -0.3 is 30.3 Å². The van der Waals surface area contributed by atoms with E-state index >= 15 is 0 Å². The lowest BCUT2D eigenvalue weighted by atomic mass is 9.98. The number of alkyl carbamates (subject to hydrolysis) is 1. The first-order valence-corrected chi connectivity index (χ1v) is 9.71. The Kier molecular flexibility index (Phi) is 7.22. The molecular weight excluding hydrogens is 404 g/mol. The van der Waals surface area contributed by atoms with Gasteiger partial charge in [-0.15, -0.1) is 0 Å². The first-order chi connectivity index (χ1) is 14.9. The van der Waals surface area contributed by atoms with E-state index in [2.05, 4.69) is 10.6 Å². The summed E-state index contributed by atoms with van der Waals surface area (Å²) in [5.41, 5.74) is 4.32. The van der Waals surface area contributed by atoms with Crippen molar-refractivity contribution in [3.05, 3.63) is 59.7 Å². The number of fused-ring (bicyclic) bond motifs is 3. The lowest BCUT2D eigenvalue weighted by Gasteiger charge is -2.19. The molecule has 0 aliphatic heterocycles. The Morgan fingerprint density at radius 2 is 1.61 bits per heavy atom. The molecule has 4 N–H and O–H groups in total. The van der Waals surface area contributed by atoms with Crippen molar-refractivity contribution in [2.75, 3.05) is 26.9 Å². The van der Waals surface area contributed by atoms with Crippen LogP contribution in [0.2, 0.25) is 0 Å². The molecule has 1 aliphatic carbocycles. The van der Waals surface area contributed by atoms with Gasteiger partial charge in [0.1, 0.15) is 12.6 Å². The number of hydrogen-bond donors (Lipinski definition) is 4. The van der Waals surface area contributed by atoms with Crippen molar-refractivity contribution in [1.82, 2.24) is 10.6 Å². The van der Waals surface area contributed by atoms with E-state index in [9.17, 15) is 19.5 Å². The Morgan fingerprint density at radius 3 is 2.16 bits per heavy atom. The molecule has 0 bridgehead atoms. The van der Waals surface area contributed by atoms with Crippen molar-refractivity contribution in [3.8, 4) is 11.1 Å². The number of amides is 2. The Balaban J connectivity index is 1.61. The van der Waals surface area contributed by atoms with Crippen LogP contribution in [0.4, 0.5) is 4.79 Å². The Bertz CT molecular complexity index is 917. The zero-order valence-corrected chi connectivity index (χ0v) is 16.9. The van der Waals surface area contributed by atoms with Crippen LogP contribution in [0.5, 0.6) is 0 Å². The van der Waals surface area contributed by atoms with Gasteiger partial charge in [0.15, 0.2) is 6.10 Å². The zero-order valence-electron chi connectivity index (χ0n) is 16.9. The number of aliphatic hydroxyl groups excluding tert-OH is 1. The number of carboxylic acids is 1. The number of aliphatic carboxylic acids is 1. The van der Waals surface area contributed by atoms with Gasteiger partial charge >= 0.3 is 12.1 Å². The predicted molar refractivity (Wildman–Crippen MR) is 111 cm³/mol. The quantitative estimate of drug-likeness (QED) is 0.470. The number of ether oxygens (including phenoxy) is 2. The molecule has 3 rings (SSSR count). The molecule has 164 valence electrons. The third-order valence-corrected chi connectivity index (χ3v) is 5.04. The van der Waals surface area contributed by atoms with Crippen LogP contribution in [0.1, 0.15) is 17.0 Å². The molecular formula is C22H24N2O7. The molecule has 9 nitrogen and oxygen atoms in total. The van der Waals surface area contributed by atoms with Gasteiger partial charge in [-0.25, -0.2) is 9.59 Å². The van der Waals surface area contributed by atoms with Gasteiger partial charge in [0.05, 0.1) is 13.2 Å². The average molecular weight is 428 g/mol. The zero-order chi connectivity index (χ0) is 22.4. The van der Waals surface area contributed by atoms with Gasteiger partial charge in [0.2, 0.25) is 5.91 Å². The second-order valence-electron chi connectivity index (χ2n) is 7.08. The van der Waals surface area contributed by atoms with Crippen LogP contribution in [-0.2, 0) is 19.1 Å². The van der Waals surface area contributed by atoms with E-state index in [0.717, 1.165) is 22.3 Å². The summed E-state index contributed by atoms with van der Waals surface area (Å²) in [5, 5.41) is 22.6. The number of methoxy groups -OCH3 is 1. The highest BCUT2D eigenvalue weighted by Crippen LogP contribution is 2.44. The maximum absolute atomic E-state index is 12.3. The number of carbonyl (C=O) groups is 3. The summed E-state index contributed by atoms with van der Waals surface area (Å²) in [6, 6.07) is 14.7. The summed E-state index contributed by atoms with van der Waals surface area (Å²) < 4.78 is 10.3. The molecule has 1 unspecified atom stereocenters. The monoisotopic (exact) mass is 428 g/mol. The Hall–Kier alpha value is -3.43. The molecule has 0 aromatic heterocycles. The summed E-state index contributed by atoms with van der Waals surface area (Å²) in [4.78, 5) is 35.2. The summed E-state index contributed by atoms with van der Waals surface area (Å²) in [6.07, 6.45) is -2.56. The predicted octanol–water partition coefficient (Wildman–Crippen LogP) is 1.10. The van der Waals surface area contributed by atoms with E-state index in [0.29, 0.717) is 0 Å². The largest absolute Gasteiger partial charge is 0.479 e. The molecule has 0 fully saturated rings. The molecule has 0 spiro atoms. The van der Waals surface area contributed by atoms with Gasteiger partial charge in [-0.2, -0.15) is 0 Å². The first-order valence-electron chi connectivity index (χ1n) is 9.71. The summed E-state index contributed by atoms with van der Waals surface area (Å²) in [7, 11) is 1.35. The third-order valence-electron chi connectivity index (χ3n) is 5.04. The van der Waals surface area contributed by atoms with Crippen LogP contribution in [0.3, 0.4) is 0 Å². The molecule has 2 amide bonds. The van der Waals surface area contributed by atoms with Crippen molar-refractivity contribution in [1.29, 1.82) is 0 Å². The number of hydrogen-bond acceptors (Lipinski definition) is 6. The number of nitrogens with one attached hydrogen (secondary N) is 2. The van der Waals surface area contributed by atoms with Crippen LogP contribution in [0.25, 0.3) is 11.1 Å². The van der Waals surface area contributed by atoms with Crippen molar-refractivity contribution in [2.45, 2.75) is 18.1 Å². The van der Waals surface area contributed by atoms with Crippen molar-refractivity contribution < 1.29 is 34.1 Å². The minimum absolute atomic E-state index is 0.0823. The maximum atomic E-state index is 12.3. The SMILES string of the molecule is COCC(NC(=O)OCC1c2ccccc2-c2ccccc21)C(=O)NC[C@H](O)C(=O)O. The standard InChI is InChI=1S/C22H24N2O7/c1-30-12-18(20(26)23-10-19(25)21(27)28)24-22(29)31-11-17-15-8-4-2-6-13(15)14-7-3-5-9-16(14)17/h2-9,17-19,25H,10-12H2,1H3,(H,23,26)(H,24,29)(H,27,28)/t18?,19-/m0/s1. The lowest BCUT2D eigenvalue weighted by Crippen LogP contribution is -2.51. The highest BCUT2D eigenvalue weighted by atomic mass is 16.5.